The zero-order chi connectivity index (χ0) is 17.6. The number of tetrazole rings is 1. The summed E-state index contributed by atoms with van der Waals surface area (Å²) in [6.07, 6.45) is 0.860. The largest absolute Gasteiger partial charge is 0.325 e. The molecule has 25 heavy (non-hydrogen) atoms. The van der Waals surface area contributed by atoms with E-state index in [2.05, 4.69) is 27.8 Å². The third kappa shape index (κ3) is 4.37. The molecule has 1 amide bonds. The van der Waals surface area contributed by atoms with Gasteiger partial charge in [0.05, 0.1) is 11.4 Å². The minimum atomic E-state index is -0.100. The summed E-state index contributed by atoms with van der Waals surface area (Å²) in [5, 5.41) is 15.7. The first kappa shape index (κ1) is 17.4. The Morgan fingerprint density at radius 1 is 1.20 bits per heavy atom. The van der Waals surface area contributed by atoms with Crippen molar-refractivity contribution in [3.63, 3.8) is 0 Å². The Balaban J connectivity index is 1.65. The van der Waals surface area contributed by atoms with Gasteiger partial charge in [0.1, 0.15) is 0 Å². The number of carbonyl (C=O) groups excluding carboxylic acids is 1. The van der Waals surface area contributed by atoms with Crippen LogP contribution >= 0.6 is 23.4 Å². The Morgan fingerprint density at radius 3 is 2.72 bits per heavy atom. The zero-order valence-electron chi connectivity index (χ0n) is 13.5. The second-order valence-electron chi connectivity index (χ2n) is 5.20. The first-order chi connectivity index (χ1) is 12.2. The lowest BCUT2D eigenvalue weighted by Crippen LogP contribution is -2.15. The van der Waals surface area contributed by atoms with E-state index in [-0.39, 0.29) is 11.7 Å². The fraction of sp³-hybridized carbons (Fsp3) is 0.176. The van der Waals surface area contributed by atoms with Gasteiger partial charge in [-0.25, -0.2) is 0 Å². The maximum Gasteiger partial charge on any atom is 0.234 e. The molecule has 3 aromatic rings. The van der Waals surface area contributed by atoms with Gasteiger partial charge < -0.3 is 5.32 Å². The lowest BCUT2D eigenvalue weighted by molar-refractivity contribution is -0.113. The van der Waals surface area contributed by atoms with E-state index in [1.54, 1.807) is 16.8 Å². The second-order valence-corrected chi connectivity index (χ2v) is 6.58. The number of aromatic nitrogens is 4. The van der Waals surface area contributed by atoms with Crippen LogP contribution in [0.4, 0.5) is 5.69 Å². The van der Waals surface area contributed by atoms with Crippen molar-refractivity contribution in [1.29, 1.82) is 0 Å². The van der Waals surface area contributed by atoms with Crippen molar-refractivity contribution in [2.75, 3.05) is 11.1 Å². The molecule has 128 valence electrons. The maximum absolute atomic E-state index is 12.2. The summed E-state index contributed by atoms with van der Waals surface area (Å²) in [4.78, 5) is 12.2. The highest BCUT2D eigenvalue weighted by molar-refractivity contribution is 7.99. The minimum absolute atomic E-state index is 0.100. The van der Waals surface area contributed by atoms with Gasteiger partial charge in [-0.3, -0.25) is 4.79 Å². The van der Waals surface area contributed by atoms with E-state index in [9.17, 15) is 4.79 Å². The van der Waals surface area contributed by atoms with Gasteiger partial charge in [-0.2, -0.15) is 4.68 Å². The Labute approximate surface area is 154 Å². The summed E-state index contributed by atoms with van der Waals surface area (Å²) in [6.45, 7) is 2.06. The topological polar surface area (TPSA) is 72.7 Å². The molecule has 0 aliphatic rings. The highest BCUT2D eigenvalue weighted by Gasteiger charge is 2.12. The zero-order valence-corrected chi connectivity index (χ0v) is 15.1. The van der Waals surface area contributed by atoms with Crippen LogP contribution in [0.5, 0.6) is 0 Å². The van der Waals surface area contributed by atoms with E-state index in [1.165, 1.54) is 11.8 Å². The first-order valence-electron chi connectivity index (χ1n) is 7.72. The molecule has 0 saturated carbocycles. The van der Waals surface area contributed by atoms with Crippen molar-refractivity contribution in [2.45, 2.75) is 18.5 Å². The van der Waals surface area contributed by atoms with Gasteiger partial charge in [-0.1, -0.05) is 48.5 Å². The van der Waals surface area contributed by atoms with Crippen molar-refractivity contribution in [3.8, 4) is 5.69 Å². The van der Waals surface area contributed by atoms with Crippen molar-refractivity contribution < 1.29 is 4.79 Å². The predicted molar refractivity (Wildman–Crippen MR) is 99.3 cm³/mol. The van der Waals surface area contributed by atoms with E-state index in [0.717, 1.165) is 23.4 Å². The van der Waals surface area contributed by atoms with Crippen LogP contribution in [-0.2, 0) is 11.2 Å². The molecule has 0 saturated heterocycles. The number of amides is 1. The number of para-hydroxylation sites is 1. The van der Waals surface area contributed by atoms with Gasteiger partial charge in [0, 0.05) is 10.7 Å². The SMILES string of the molecule is CCc1ccccc1NC(=O)CSc1nnnn1-c1ccc(Cl)cc1. The normalized spacial score (nSPS) is 10.6. The molecule has 6 nitrogen and oxygen atoms in total. The van der Waals surface area contributed by atoms with Gasteiger partial charge in [-0.05, 0) is 52.7 Å². The van der Waals surface area contributed by atoms with Gasteiger partial charge in [0.15, 0.2) is 0 Å². The number of nitrogens with one attached hydrogen (secondary N) is 1. The molecule has 0 spiro atoms. The van der Waals surface area contributed by atoms with Crippen molar-refractivity contribution >= 4 is 35.0 Å². The van der Waals surface area contributed by atoms with Crippen molar-refractivity contribution in [1.82, 2.24) is 20.2 Å². The molecule has 2 aromatic carbocycles. The summed E-state index contributed by atoms with van der Waals surface area (Å²) < 4.78 is 1.58. The second kappa shape index (κ2) is 8.13. The number of anilines is 1. The number of aryl methyl sites for hydroxylation is 1. The number of hydrogen-bond donors (Lipinski definition) is 1. The molecule has 1 N–H and O–H groups in total. The Bertz CT molecular complexity index is 865. The Hall–Kier alpha value is -2.38. The smallest absolute Gasteiger partial charge is 0.234 e. The third-order valence-corrected chi connectivity index (χ3v) is 4.69. The van der Waals surface area contributed by atoms with E-state index in [4.69, 9.17) is 11.6 Å². The average molecular weight is 374 g/mol. The number of hydrogen-bond acceptors (Lipinski definition) is 5. The number of nitrogens with zero attached hydrogens (tertiary/aromatic N) is 4. The van der Waals surface area contributed by atoms with Crippen molar-refractivity contribution in [3.05, 3.63) is 59.1 Å². The molecule has 0 aliphatic heterocycles. The number of rotatable bonds is 6. The van der Waals surface area contributed by atoms with Crippen LogP contribution < -0.4 is 5.32 Å². The summed E-state index contributed by atoms with van der Waals surface area (Å²) in [5.41, 5.74) is 2.73. The lowest BCUT2D eigenvalue weighted by atomic mass is 10.1. The molecule has 0 fully saturated rings. The molecule has 3 rings (SSSR count). The van der Waals surface area contributed by atoms with Gasteiger partial charge in [-0.15, -0.1) is 5.10 Å². The number of carbonyl (C=O) groups is 1. The fourth-order valence-electron chi connectivity index (χ4n) is 2.28. The van der Waals surface area contributed by atoms with Crippen LogP contribution in [0.3, 0.4) is 0 Å². The van der Waals surface area contributed by atoms with Crippen LogP contribution in [0.25, 0.3) is 5.69 Å². The fourth-order valence-corrected chi connectivity index (χ4v) is 3.10. The van der Waals surface area contributed by atoms with Crippen LogP contribution in [0.2, 0.25) is 5.02 Å². The van der Waals surface area contributed by atoms with Crippen molar-refractivity contribution in [2.24, 2.45) is 0 Å². The van der Waals surface area contributed by atoms with Crippen LogP contribution in [0, 0.1) is 0 Å². The molecule has 0 radical (unpaired) electrons. The maximum atomic E-state index is 12.2. The van der Waals surface area contributed by atoms with E-state index < -0.39 is 0 Å². The average Bonchev–Trinajstić information content (AvgIpc) is 3.09. The van der Waals surface area contributed by atoms with E-state index >= 15 is 0 Å². The molecule has 0 aliphatic carbocycles. The summed E-state index contributed by atoms with van der Waals surface area (Å²) in [7, 11) is 0. The van der Waals surface area contributed by atoms with E-state index in [1.807, 2.05) is 36.4 Å². The summed E-state index contributed by atoms with van der Waals surface area (Å²) in [6, 6.07) is 14.9. The van der Waals surface area contributed by atoms with Gasteiger partial charge in [0.25, 0.3) is 0 Å². The van der Waals surface area contributed by atoms with Crippen LogP contribution in [0.15, 0.2) is 53.7 Å². The van der Waals surface area contributed by atoms with Crippen LogP contribution in [-0.4, -0.2) is 31.9 Å². The molecule has 1 aromatic heterocycles. The Morgan fingerprint density at radius 2 is 1.96 bits per heavy atom. The van der Waals surface area contributed by atoms with Gasteiger partial charge >= 0.3 is 0 Å². The van der Waals surface area contributed by atoms with Crippen LogP contribution in [0.1, 0.15) is 12.5 Å². The lowest BCUT2D eigenvalue weighted by Gasteiger charge is -2.09. The molecular weight excluding hydrogens is 358 g/mol. The number of halogens is 1. The molecule has 1 heterocycles. The number of benzene rings is 2. The molecule has 0 unspecified atom stereocenters. The first-order valence-corrected chi connectivity index (χ1v) is 9.08. The predicted octanol–water partition coefficient (Wildman–Crippen LogP) is 3.61. The summed E-state index contributed by atoms with van der Waals surface area (Å²) in [5.74, 6) is 0.114. The highest BCUT2D eigenvalue weighted by atomic mass is 35.5. The Kier molecular flexibility index (Phi) is 5.67. The summed E-state index contributed by atoms with van der Waals surface area (Å²) >= 11 is 7.17. The molecule has 8 heteroatoms. The minimum Gasteiger partial charge on any atom is -0.325 e. The molecule has 0 atom stereocenters. The monoisotopic (exact) mass is 373 g/mol. The van der Waals surface area contributed by atoms with Gasteiger partial charge in [0.2, 0.25) is 11.1 Å². The molecular formula is C17H16ClN5OS. The molecule has 0 bridgehead atoms. The third-order valence-electron chi connectivity index (χ3n) is 3.52. The number of thioether (sulfide) groups is 1. The quantitative estimate of drug-likeness (QED) is 0.668. The van der Waals surface area contributed by atoms with E-state index in [0.29, 0.717) is 10.2 Å². The standard InChI is InChI=1S/C17H16ClN5OS/c1-2-12-5-3-4-6-15(12)19-16(24)11-25-17-20-21-22-23(17)14-9-7-13(18)8-10-14/h3-10H,2,11H2,1H3,(H,19,24). The highest BCUT2D eigenvalue weighted by Crippen LogP contribution is 2.21.